The lowest BCUT2D eigenvalue weighted by Crippen LogP contribution is -2.43. The van der Waals surface area contributed by atoms with Gasteiger partial charge in [-0.1, -0.05) is 24.3 Å². The maximum atomic E-state index is 13.2. The van der Waals surface area contributed by atoms with Crippen molar-refractivity contribution in [3.8, 4) is 11.1 Å². The lowest BCUT2D eigenvalue weighted by molar-refractivity contribution is -0.119. The third-order valence-corrected chi connectivity index (χ3v) is 5.06. The van der Waals surface area contributed by atoms with E-state index in [1.54, 1.807) is 25.1 Å². The average Bonchev–Trinajstić information content (AvgIpc) is 3.37. The van der Waals surface area contributed by atoms with Crippen LogP contribution in [0.4, 0.5) is 10.1 Å². The van der Waals surface area contributed by atoms with Crippen molar-refractivity contribution in [1.82, 2.24) is 9.88 Å². The van der Waals surface area contributed by atoms with Gasteiger partial charge in [-0.25, -0.2) is 9.37 Å². The number of aromatic nitrogens is 1. The highest BCUT2D eigenvalue weighted by molar-refractivity contribution is 6.01. The molecule has 2 heterocycles. The summed E-state index contributed by atoms with van der Waals surface area (Å²) in [5.74, 6) is -0.698. The molecule has 4 rings (SSSR count). The Morgan fingerprint density at radius 2 is 1.97 bits per heavy atom. The molecule has 0 aliphatic carbocycles. The molecule has 1 atom stereocenters. The SMILES string of the molecule is Cc1ncoc1C(=O)N1CCC[C@H]1C(=O)Nc1cccc(-c2ccc(F)cc2)c1. The Morgan fingerprint density at radius 3 is 2.69 bits per heavy atom. The number of aryl methyl sites for hydroxylation is 1. The monoisotopic (exact) mass is 393 g/mol. The molecule has 1 aliphatic heterocycles. The predicted octanol–water partition coefficient (Wildman–Crippen LogP) is 4.03. The molecule has 0 bridgehead atoms. The van der Waals surface area contributed by atoms with Gasteiger partial charge < -0.3 is 14.6 Å². The summed E-state index contributed by atoms with van der Waals surface area (Å²) < 4.78 is 18.4. The molecule has 2 amide bonds. The van der Waals surface area contributed by atoms with Crippen LogP contribution >= 0.6 is 0 Å². The lowest BCUT2D eigenvalue weighted by Gasteiger charge is -2.23. The van der Waals surface area contributed by atoms with Crippen LogP contribution in [0.3, 0.4) is 0 Å². The van der Waals surface area contributed by atoms with Crippen LogP contribution in [0, 0.1) is 12.7 Å². The summed E-state index contributed by atoms with van der Waals surface area (Å²) in [6.45, 7) is 2.19. The Hall–Kier alpha value is -3.48. The lowest BCUT2D eigenvalue weighted by atomic mass is 10.0. The van der Waals surface area contributed by atoms with Crippen LogP contribution < -0.4 is 5.32 Å². The van der Waals surface area contributed by atoms with Gasteiger partial charge in [-0.05, 0) is 55.2 Å². The van der Waals surface area contributed by atoms with Crippen LogP contribution in [0.5, 0.6) is 0 Å². The van der Waals surface area contributed by atoms with E-state index in [9.17, 15) is 14.0 Å². The number of carbonyl (C=O) groups excluding carboxylic acids is 2. The molecular weight excluding hydrogens is 373 g/mol. The van der Waals surface area contributed by atoms with E-state index < -0.39 is 6.04 Å². The van der Waals surface area contributed by atoms with E-state index in [1.807, 2.05) is 18.2 Å². The Balaban J connectivity index is 1.50. The Morgan fingerprint density at radius 1 is 1.17 bits per heavy atom. The largest absolute Gasteiger partial charge is 0.438 e. The zero-order valence-corrected chi connectivity index (χ0v) is 15.9. The fourth-order valence-corrected chi connectivity index (χ4v) is 3.56. The van der Waals surface area contributed by atoms with E-state index in [0.717, 1.165) is 17.5 Å². The smallest absolute Gasteiger partial charge is 0.292 e. The molecule has 0 spiro atoms. The first-order valence-electron chi connectivity index (χ1n) is 9.41. The summed E-state index contributed by atoms with van der Waals surface area (Å²) in [6, 6.07) is 12.9. The Labute approximate surface area is 167 Å². The number of oxazole rings is 1. The first-order chi connectivity index (χ1) is 14.0. The summed E-state index contributed by atoms with van der Waals surface area (Å²) >= 11 is 0. The molecule has 0 radical (unpaired) electrons. The molecule has 1 fully saturated rings. The van der Waals surface area contributed by atoms with Crippen LogP contribution in [-0.2, 0) is 4.79 Å². The van der Waals surface area contributed by atoms with Crippen molar-refractivity contribution < 1.29 is 18.4 Å². The van der Waals surface area contributed by atoms with Crippen molar-refractivity contribution in [1.29, 1.82) is 0 Å². The fourth-order valence-electron chi connectivity index (χ4n) is 3.56. The van der Waals surface area contributed by atoms with Gasteiger partial charge in [0.25, 0.3) is 5.91 Å². The van der Waals surface area contributed by atoms with E-state index in [1.165, 1.54) is 23.4 Å². The highest BCUT2D eigenvalue weighted by Crippen LogP contribution is 2.25. The quantitative estimate of drug-likeness (QED) is 0.726. The van der Waals surface area contributed by atoms with Crippen LogP contribution in [0.1, 0.15) is 29.1 Å². The molecule has 1 saturated heterocycles. The number of carbonyl (C=O) groups is 2. The van der Waals surface area contributed by atoms with Crippen molar-refractivity contribution >= 4 is 17.5 Å². The van der Waals surface area contributed by atoms with Crippen LogP contribution in [0.2, 0.25) is 0 Å². The van der Waals surface area contributed by atoms with E-state index in [2.05, 4.69) is 10.3 Å². The molecule has 1 aromatic heterocycles. The van der Waals surface area contributed by atoms with Crippen LogP contribution in [0.25, 0.3) is 11.1 Å². The number of likely N-dealkylation sites (tertiary alicyclic amines) is 1. The highest BCUT2D eigenvalue weighted by Gasteiger charge is 2.36. The fraction of sp³-hybridized carbons (Fsp3) is 0.227. The Kier molecular flexibility index (Phi) is 5.12. The molecule has 29 heavy (non-hydrogen) atoms. The zero-order valence-electron chi connectivity index (χ0n) is 15.9. The van der Waals surface area contributed by atoms with Gasteiger partial charge in [0.05, 0.1) is 5.69 Å². The first kappa shape index (κ1) is 18.9. The second kappa shape index (κ2) is 7.87. The third kappa shape index (κ3) is 3.89. The number of halogens is 1. The summed E-state index contributed by atoms with van der Waals surface area (Å²) in [4.78, 5) is 31.1. The van der Waals surface area contributed by atoms with Crippen molar-refractivity contribution in [3.63, 3.8) is 0 Å². The predicted molar refractivity (Wildman–Crippen MR) is 106 cm³/mol. The summed E-state index contributed by atoms with van der Waals surface area (Å²) in [5.41, 5.74) is 2.83. The van der Waals surface area contributed by atoms with Gasteiger partial charge in [-0.15, -0.1) is 0 Å². The minimum atomic E-state index is -0.568. The Bertz CT molecular complexity index is 1050. The van der Waals surface area contributed by atoms with Gasteiger partial charge >= 0.3 is 0 Å². The number of hydrogen-bond acceptors (Lipinski definition) is 4. The maximum Gasteiger partial charge on any atom is 0.292 e. The number of anilines is 1. The van der Waals surface area contributed by atoms with E-state index >= 15 is 0 Å². The number of benzene rings is 2. The van der Waals surface area contributed by atoms with Gasteiger partial charge in [-0.2, -0.15) is 0 Å². The topological polar surface area (TPSA) is 75.4 Å². The van der Waals surface area contributed by atoms with Crippen molar-refractivity contribution in [2.45, 2.75) is 25.8 Å². The number of amides is 2. The van der Waals surface area contributed by atoms with Gasteiger partial charge in [0, 0.05) is 12.2 Å². The van der Waals surface area contributed by atoms with E-state index in [4.69, 9.17) is 4.42 Å². The van der Waals surface area contributed by atoms with E-state index in [-0.39, 0.29) is 23.4 Å². The second-order valence-corrected chi connectivity index (χ2v) is 7.00. The highest BCUT2D eigenvalue weighted by atomic mass is 19.1. The van der Waals surface area contributed by atoms with Gasteiger partial charge in [0.15, 0.2) is 6.39 Å². The van der Waals surface area contributed by atoms with Crippen molar-refractivity contribution in [3.05, 3.63) is 72.2 Å². The molecule has 0 unspecified atom stereocenters. The number of hydrogen-bond donors (Lipinski definition) is 1. The molecule has 1 N–H and O–H groups in total. The molecule has 3 aromatic rings. The molecule has 1 aliphatic rings. The molecular formula is C22H20FN3O3. The van der Waals surface area contributed by atoms with Crippen LogP contribution in [-0.4, -0.2) is 34.3 Å². The zero-order chi connectivity index (χ0) is 20.4. The first-order valence-corrected chi connectivity index (χ1v) is 9.41. The van der Waals surface area contributed by atoms with Gasteiger partial charge in [-0.3, -0.25) is 9.59 Å². The van der Waals surface area contributed by atoms with E-state index in [0.29, 0.717) is 24.3 Å². The number of nitrogens with zero attached hydrogens (tertiary/aromatic N) is 2. The minimum Gasteiger partial charge on any atom is -0.438 e. The standard InChI is InChI=1S/C22H20FN3O3/c1-14-20(29-13-24-14)22(28)26-11-3-6-19(26)21(27)25-18-5-2-4-16(12-18)15-7-9-17(23)10-8-15/h2,4-5,7-10,12-13,19H,3,6,11H2,1H3,(H,25,27)/t19-/m0/s1. The average molecular weight is 393 g/mol. The van der Waals surface area contributed by atoms with Crippen molar-refractivity contribution in [2.75, 3.05) is 11.9 Å². The molecule has 6 nitrogen and oxygen atoms in total. The summed E-state index contributed by atoms with van der Waals surface area (Å²) in [7, 11) is 0. The maximum absolute atomic E-state index is 13.2. The molecule has 0 saturated carbocycles. The number of nitrogens with one attached hydrogen (secondary N) is 1. The molecule has 148 valence electrons. The van der Waals surface area contributed by atoms with Gasteiger partial charge in [0.2, 0.25) is 11.7 Å². The minimum absolute atomic E-state index is 0.169. The van der Waals surface area contributed by atoms with Gasteiger partial charge in [0.1, 0.15) is 11.9 Å². The summed E-state index contributed by atoms with van der Waals surface area (Å²) in [5, 5.41) is 2.90. The van der Waals surface area contributed by atoms with Crippen LogP contribution in [0.15, 0.2) is 59.3 Å². The third-order valence-electron chi connectivity index (χ3n) is 5.06. The second-order valence-electron chi connectivity index (χ2n) is 7.00. The van der Waals surface area contributed by atoms with Crippen molar-refractivity contribution in [2.24, 2.45) is 0 Å². The molecule has 7 heteroatoms. The summed E-state index contributed by atoms with van der Waals surface area (Å²) in [6.07, 6.45) is 2.56. The normalized spacial score (nSPS) is 16.1. The molecule has 2 aromatic carbocycles. The number of rotatable bonds is 4.